The Morgan fingerprint density at radius 3 is 2.57 bits per heavy atom. The van der Waals surface area contributed by atoms with Crippen LogP contribution in [0, 0.1) is 0 Å². The maximum absolute atomic E-state index is 11.6. The molecule has 2 aromatic heterocycles. The molecule has 0 amide bonds. The highest BCUT2D eigenvalue weighted by atomic mass is 16.5. The van der Waals surface area contributed by atoms with Gasteiger partial charge in [0.05, 0.1) is 29.5 Å². The number of ether oxygens (including phenoxy) is 2. The Morgan fingerprint density at radius 2 is 1.79 bits per heavy atom. The largest absolute Gasteiger partial charge is 0.486 e. The lowest BCUT2D eigenvalue weighted by molar-refractivity contribution is 0.0486. The van der Waals surface area contributed by atoms with Gasteiger partial charge < -0.3 is 13.9 Å². The molecule has 4 aromatic rings. The maximum Gasteiger partial charge on any atom is 0.374 e. The average Bonchev–Trinajstić information content (AvgIpc) is 3.22. The molecule has 4 rings (SSSR count). The number of para-hydroxylation sites is 2. The van der Waals surface area contributed by atoms with Gasteiger partial charge in [0.1, 0.15) is 18.1 Å². The Hall–Kier alpha value is -3.67. The third-order valence-electron chi connectivity index (χ3n) is 4.12. The van der Waals surface area contributed by atoms with Crippen LogP contribution in [0.1, 0.15) is 23.2 Å². The molecular formula is C22H18N2O4. The highest BCUT2D eigenvalue weighted by Crippen LogP contribution is 2.23. The van der Waals surface area contributed by atoms with E-state index in [9.17, 15) is 4.79 Å². The number of carbonyl (C=O) groups excluding carboxylic acids is 1. The first kappa shape index (κ1) is 17.7. The Balaban J connectivity index is 1.42. The first-order valence-electron chi connectivity index (χ1n) is 8.94. The van der Waals surface area contributed by atoms with Crippen LogP contribution in [0.15, 0.2) is 71.3 Å². The minimum atomic E-state index is -0.477. The number of hydrogen-bond acceptors (Lipinski definition) is 6. The SMILES string of the molecule is CCOC(=O)c1ccc(COc2ccc(-c3cnc4ccccc4n3)cc2)o1. The fourth-order valence-corrected chi connectivity index (χ4v) is 2.74. The molecule has 140 valence electrons. The van der Waals surface area contributed by atoms with Crippen LogP contribution in [-0.2, 0) is 11.3 Å². The number of benzene rings is 2. The van der Waals surface area contributed by atoms with E-state index in [0.29, 0.717) is 18.1 Å². The predicted octanol–water partition coefficient (Wildman–Crippen LogP) is 4.65. The summed E-state index contributed by atoms with van der Waals surface area (Å²) in [4.78, 5) is 20.7. The van der Waals surface area contributed by atoms with Gasteiger partial charge >= 0.3 is 5.97 Å². The number of fused-ring (bicyclic) bond motifs is 1. The van der Waals surface area contributed by atoms with E-state index in [1.165, 1.54) is 0 Å². The van der Waals surface area contributed by atoms with Crippen LogP contribution in [0.4, 0.5) is 0 Å². The Morgan fingerprint density at radius 1 is 1.00 bits per heavy atom. The van der Waals surface area contributed by atoms with Crippen LogP contribution in [0.5, 0.6) is 5.75 Å². The molecule has 28 heavy (non-hydrogen) atoms. The molecule has 0 fully saturated rings. The number of aromatic nitrogens is 2. The fraction of sp³-hybridized carbons (Fsp3) is 0.136. The third-order valence-corrected chi connectivity index (χ3v) is 4.12. The molecule has 0 unspecified atom stereocenters. The number of carbonyl (C=O) groups is 1. The van der Waals surface area contributed by atoms with E-state index < -0.39 is 5.97 Å². The molecule has 2 heterocycles. The standard InChI is InChI=1S/C22H18N2O4/c1-2-26-22(25)21-12-11-17(28-21)14-27-16-9-7-15(8-10-16)20-13-23-18-5-3-4-6-19(18)24-20/h3-13H,2,14H2,1H3. The fourth-order valence-electron chi connectivity index (χ4n) is 2.74. The predicted molar refractivity (Wildman–Crippen MR) is 104 cm³/mol. The van der Waals surface area contributed by atoms with Gasteiger partial charge in [0.2, 0.25) is 5.76 Å². The first-order chi connectivity index (χ1) is 13.7. The summed E-state index contributed by atoms with van der Waals surface area (Å²) in [5.41, 5.74) is 3.48. The van der Waals surface area contributed by atoms with Crippen molar-refractivity contribution in [1.82, 2.24) is 9.97 Å². The van der Waals surface area contributed by atoms with Gasteiger partial charge in [-0.05, 0) is 55.5 Å². The normalized spacial score (nSPS) is 10.8. The van der Waals surface area contributed by atoms with Gasteiger partial charge in [-0.2, -0.15) is 0 Å². The van der Waals surface area contributed by atoms with Gasteiger partial charge in [0.25, 0.3) is 0 Å². The molecule has 0 aliphatic carbocycles. The summed E-state index contributed by atoms with van der Waals surface area (Å²) in [7, 11) is 0. The Kier molecular flexibility index (Phi) is 5.01. The van der Waals surface area contributed by atoms with Gasteiger partial charge in [0.15, 0.2) is 0 Å². The number of esters is 1. The summed E-state index contributed by atoms with van der Waals surface area (Å²) in [6, 6.07) is 18.6. The van der Waals surface area contributed by atoms with Crippen LogP contribution < -0.4 is 4.74 Å². The lowest BCUT2D eigenvalue weighted by Gasteiger charge is -2.06. The lowest BCUT2D eigenvalue weighted by Crippen LogP contribution is -2.02. The summed E-state index contributed by atoms with van der Waals surface area (Å²) >= 11 is 0. The number of hydrogen-bond donors (Lipinski definition) is 0. The van der Waals surface area contributed by atoms with E-state index in [0.717, 1.165) is 22.3 Å². The maximum atomic E-state index is 11.6. The molecule has 0 radical (unpaired) electrons. The highest BCUT2D eigenvalue weighted by molar-refractivity contribution is 5.86. The zero-order chi connectivity index (χ0) is 19.3. The van der Waals surface area contributed by atoms with Crippen LogP contribution in [0.25, 0.3) is 22.3 Å². The second kappa shape index (κ2) is 7.92. The van der Waals surface area contributed by atoms with Crippen LogP contribution >= 0.6 is 0 Å². The van der Waals surface area contributed by atoms with Crippen molar-refractivity contribution in [1.29, 1.82) is 0 Å². The number of rotatable bonds is 6. The molecule has 0 atom stereocenters. The monoisotopic (exact) mass is 374 g/mol. The van der Waals surface area contributed by atoms with E-state index in [-0.39, 0.29) is 12.4 Å². The van der Waals surface area contributed by atoms with Crippen molar-refractivity contribution in [2.24, 2.45) is 0 Å². The van der Waals surface area contributed by atoms with E-state index in [1.807, 2.05) is 48.5 Å². The minimum absolute atomic E-state index is 0.172. The second-order valence-corrected chi connectivity index (χ2v) is 6.04. The van der Waals surface area contributed by atoms with Crippen molar-refractivity contribution in [3.8, 4) is 17.0 Å². The van der Waals surface area contributed by atoms with Crippen LogP contribution in [-0.4, -0.2) is 22.5 Å². The van der Waals surface area contributed by atoms with Gasteiger partial charge in [-0.25, -0.2) is 9.78 Å². The van der Waals surface area contributed by atoms with Crippen molar-refractivity contribution in [2.75, 3.05) is 6.61 Å². The zero-order valence-corrected chi connectivity index (χ0v) is 15.3. The van der Waals surface area contributed by atoms with Gasteiger partial charge in [-0.15, -0.1) is 0 Å². The third kappa shape index (κ3) is 3.86. The van der Waals surface area contributed by atoms with Crippen molar-refractivity contribution in [3.63, 3.8) is 0 Å². The summed E-state index contributed by atoms with van der Waals surface area (Å²) < 4.78 is 16.1. The Labute approximate surface area is 161 Å². The van der Waals surface area contributed by atoms with E-state index in [2.05, 4.69) is 9.97 Å². The molecule has 0 saturated carbocycles. The topological polar surface area (TPSA) is 74.5 Å². The smallest absolute Gasteiger partial charge is 0.374 e. The molecular weight excluding hydrogens is 356 g/mol. The van der Waals surface area contributed by atoms with Crippen LogP contribution in [0.3, 0.4) is 0 Å². The molecule has 6 heteroatoms. The first-order valence-corrected chi connectivity index (χ1v) is 8.94. The molecule has 0 aliphatic heterocycles. The van der Waals surface area contributed by atoms with Crippen LogP contribution in [0.2, 0.25) is 0 Å². The highest BCUT2D eigenvalue weighted by Gasteiger charge is 2.12. The van der Waals surface area contributed by atoms with Crippen molar-refractivity contribution >= 4 is 17.0 Å². The van der Waals surface area contributed by atoms with Gasteiger partial charge in [-0.1, -0.05) is 12.1 Å². The average molecular weight is 374 g/mol. The molecule has 0 aliphatic rings. The minimum Gasteiger partial charge on any atom is -0.486 e. The van der Waals surface area contributed by atoms with E-state index in [4.69, 9.17) is 13.9 Å². The molecule has 0 N–H and O–H groups in total. The molecule has 0 spiro atoms. The zero-order valence-electron chi connectivity index (χ0n) is 15.3. The number of nitrogens with zero attached hydrogens (tertiary/aromatic N) is 2. The second-order valence-electron chi connectivity index (χ2n) is 6.04. The lowest BCUT2D eigenvalue weighted by atomic mass is 10.1. The molecule has 0 saturated heterocycles. The Bertz CT molecular complexity index is 1100. The number of furan rings is 1. The van der Waals surface area contributed by atoms with E-state index in [1.54, 1.807) is 25.3 Å². The van der Waals surface area contributed by atoms with Gasteiger partial charge in [-0.3, -0.25) is 4.98 Å². The molecule has 6 nitrogen and oxygen atoms in total. The van der Waals surface area contributed by atoms with Gasteiger partial charge in [0, 0.05) is 5.56 Å². The molecule has 0 bridgehead atoms. The van der Waals surface area contributed by atoms with Crippen molar-refractivity contribution < 1.29 is 18.7 Å². The van der Waals surface area contributed by atoms with E-state index >= 15 is 0 Å². The summed E-state index contributed by atoms with van der Waals surface area (Å²) in [5, 5.41) is 0. The summed E-state index contributed by atoms with van der Waals surface area (Å²) in [5.74, 6) is 0.930. The molecule has 2 aromatic carbocycles. The summed E-state index contributed by atoms with van der Waals surface area (Å²) in [6.45, 7) is 2.27. The quantitative estimate of drug-likeness (QED) is 0.458. The summed E-state index contributed by atoms with van der Waals surface area (Å²) in [6.07, 6.45) is 1.76. The van der Waals surface area contributed by atoms with Crippen molar-refractivity contribution in [3.05, 3.63) is 78.4 Å². The van der Waals surface area contributed by atoms with Crippen molar-refractivity contribution in [2.45, 2.75) is 13.5 Å².